The van der Waals surface area contributed by atoms with E-state index in [1.54, 1.807) is 0 Å². The third-order valence-corrected chi connectivity index (χ3v) is 10.3. The monoisotopic (exact) mass is 778 g/mol. The van der Waals surface area contributed by atoms with Crippen LogP contribution in [-0.4, -0.2) is 96.0 Å². The molecule has 0 bridgehead atoms. The van der Waals surface area contributed by atoms with Crippen LogP contribution in [0.4, 0.5) is 0 Å². The lowest BCUT2D eigenvalue weighted by atomic mass is 10.00. The molecule has 1 aliphatic heterocycles. The number of carbonyl (C=O) groups excluding carboxylic acids is 2. The average Bonchev–Trinajstić information content (AvgIpc) is 3.12. The zero-order chi connectivity index (χ0) is 39.2. The third-order valence-electron chi connectivity index (χ3n) is 9.60. The smallest absolute Gasteiger partial charge is 0.306 e. The van der Waals surface area contributed by atoms with Crippen LogP contribution >= 0.6 is 0 Å². The Hall–Kier alpha value is -1.61. The molecule has 0 amide bonds. The molecule has 53 heavy (non-hydrogen) atoms. The summed E-state index contributed by atoms with van der Waals surface area (Å²) in [5.41, 5.74) is 0. The number of hydrogen-bond acceptors (Lipinski definition) is 11. The Kier molecular flexibility index (Phi) is 29.4. The predicted octanol–water partition coefficient (Wildman–Crippen LogP) is 7.50. The fourth-order valence-electron chi connectivity index (χ4n) is 6.30. The van der Waals surface area contributed by atoms with Crippen molar-refractivity contribution in [2.45, 2.75) is 211 Å². The quantitative estimate of drug-likeness (QED) is 0.0219. The van der Waals surface area contributed by atoms with Crippen LogP contribution in [0.1, 0.15) is 174 Å². The van der Waals surface area contributed by atoms with Crippen LogP contribution in [0.3, 0.4) is 0 Å². The highest BCUT2D eigenvalue weighted by molar-refractivity contribution is 7.85. The van der Waals surface area contributed by atoms with Gasteiger partial charge in [-0.3, -0.25) is 14.1 Å². The SMILES string of the molecule is CCCC/C=C/CCCCCCCC(=O)OC[C@H](CO[C@H]1O[C@H](CS(=O)(=O)O)[C@@H](O)C(O)C1O)OC(=O)CCCCCCCCCCCCCCCC. The van der Waals surface area contributed by atoms with Gasteiger partial charge in [-0.1, -0.05) is 142 Å². The van der Waals surface area contributed by atoms with Gasteiger partial charge in [-0.25, -0.2) is 0 Å². The third kappa shape index (κ3) is 26.8. The van der Waals surface area contributed by atoms with Crippen LogP contribution < -0.4 is 0 Å². The molecule has 1 aliphatic rings. The summed E-state index contributed by atoms with van der Waals surface area (Å²) >= 11 is 0. The van der Waals surface area contributed by atoms with Gasteiger partial charge in [0.1, 0.15) is 36.8 Å². The largest absolute Gasteiger partial charge is 0.462 e. The molecule has 0 aromatic rings. The number of rotatable bonds is 34. The highest BCUT2D eigenvalue weighted by Crippen LogP contribution is 2.24. The highest BCUT2D eigenvalue weighted by Gasteiger charge is 2.46. The summed E-state index contributed by atoms with van der Waals surface area (Å²) in [5.74, 6) is -1.99. The second kappa shape index (κ2) is 31.6. The molecule has 0 spiro atoms. The fraction of sp³-hybridized carbons (Fsp3) is 0.900. The van der Waals surface area contributed by atoms with Gasteiger partial charge in [0.25, 0.3) is 10.1 Å². The van der Waals surface area contributed by atoms with Gasteiger partial charge in [0.2, 0.25) is 0 Å². The Morgan fingerprint density at radius 3 is 1.62 bits per heavy atom. The van der Waals surface area contributed by atoms with Crippen molar-refractivity contribution in [3.63, 3.8) is 0 Å². The molecular formula is C40H74O12S. The van der Waals surface area contributed by atoms with Crippen LogP contribution in [0.25, 0.3) is 0 Å². The second-order valence-electron chi connectivity index (χ2n) is 14.7. The Morgan fingerprint density at radius 1 is 0.623 bits per heavy atom. The zero-order valence-corrected chi connectivity index (χ0v) is 33.7. The van der Waals surface area contributed by atoms with Crippen molar-refractivity contribution >= 4 is 22.1 Å². The normalized spacial score (nSPS) is 21.2. The van der Waals surface area contributed by atoms with Gasteiger partial charge in [0, 0.05) is 12.8 Å². The average molecular weight is 779 g/mol. The van der Waals surface area contributed by atoms with E-state index in [9.17, 15) is 37.9 Å². The summed E-state index contributed by atoms with van der Waals surface area (Å²) in [7, 11) is -4.59. The molecule has 0 aromatic carbocycles. The van der Waals surface area contributed by atoms with Crippen molar-refractivity contribution < 1.29 is 56.8 Å². The van der Waals surface area contributed by atoms with Gasteiger partial charge in [-0.05, 0) is 32.1 Å². The van der Waals surface area contributed by atoms with Crippen molar-refractivity contribution in [1.82, 2.24) is 0 Å². The van der Waals surface area contributed by atoms with E-state index in [-0.39, 0.29) is 19.4 Å². The molecule has 1 heterocycles. The maximum Gasteiger partial charge on any atom is 0.306 e. The molecule has 2 unspecified atom stereocenters. The molecule has 312 valence electrons. The maximum atomic E-state index is 12.7. The minimum absolute atomic E-state index is 0.168. The summed E-state index contributed by atoms with van der Waals surface area (Å²) < 4.78 is 53.9. The number of carbonyl (C=O) groups is 2. The lowest BCUT2D eigenvalue weighted by Crippen LogP contribution is -2.60. The molecule has 12 nitrogen and oxygen atoms in total. The van der Waals surface area contributed by atoms with Crippen LogP contribution in [0, 0.1) is 0 Å². The number of ether oxygens (including phenoxy) is 4. The molecule has 13 heteroatoms. The summed E-state index contributed by atoms with van der Waals surface area (Å²) in [6.45, 7) is 3.70. The lowest BCUT2D eigenvalue weighted by molar-refractivity contribution is -0.297. The van der Waals surface area contributed by atoms with E-state index < -0.39 is 71.2 Å². The second-order valence-corrected chi connectivity index (χ2v) is 16.2. The van der Waals surface area contributed by atoms with Crippen molar-refractivity contribution in [2.75, 3.05) is 19.0 Å². The summed E-state index contributed by atoms with van der Waals surface area (Å²) in [6.07, 6.45) is 21.2. The Morgan fingerprint density at radius 2 is 1.09 bits per heavy atom. The summed E-state index contributed by atoms with van der Waals surface area (Å²) in [5, 5.41) is 30.8. The topological polar surface area (TPSA) is 186 Å². The van der Waals surface area contributed by atoms with E-state index in [2.05, 4.69) is 26.0 Å². The number of aliphatic hydroxyl groups is 3. The number of hydrogen-bond donors (Lipinski definition) is 4. The van der Waals surface area contributed by atoms with Crippen molar-refractivity contribution in [3.8, 4) is 0 Å². The van der Waals surface area contributed by atoms with Crippen LogP contribution in [0.15, 0.2) is 12.2 Å². The summed E-state index contributed by atoms with van der Waals surface area (Å²) in [4.78, 5) is 25.3. The van der Waals surface area contributed by atoms with E-state index in [4.69, 9.17) is 18.9 Å². The van der Waals surface area contributed by atoms with Crippen molar-refractivity contribution in [2.24, 2.45) is 0 Å². The van der Waals surface area contributed by atoms with Crippen molar-refractivity contribution in [3.05, 3.63) is 12.2 Å². The minimum atomic E-state index is -4.59. The predicted molar refractivity (Wildman–Crippen MR) is 206 cm³/mol. The van der Waals surface area contributed by atoms with E-state index in [1.807, 2.05) is 0 Å². The molecule has 1 rings (SSSR count). The molecule has 1 fully saturated rings. The zero-order valence-electron chi connectivity index (χ0n) is 32.9. The molecule has 4 N–H and O–H groups in total. The molecule has 0 radical (unpaired) electrons. The Bertz CT molecular complexity index is 1050. The van der Waals surface area contributed by atoms with Crippen LogP contribution in [-0.2, 0) is 38.7 Å². The molecule has 6 atom stereocenters. The number of unbranched alkanes of at least 4 members (excludes halogenated alkanes) is 20. The van der Waals surface area contributed by atoms with Gasteiger partial charge in [0.05, 0.1) is 6.61 Å². The molecular weight excluding hydrogens is 704 g/mol. The molecule has 1 saturated heterocycles. The van der Waals surface area contributed by atoms with Crippen LogP contribution in [0.2, 0.25) is 0 Å². The summed E-state index contributed by atoms with van der Waals surface area (Å²) in [6, 6.07) is 0. The Balaban J connectivity index is 2.49. The highest BCUT2D eigenvalue weighted by atomic mass is 32.2. The molecule has 0 saturated carbocycles. The van der Waals surface area contributed by atoms with Crippen molar-refractivity contribution in [1.29, 1.82) is 0 Å². The van der Waals surface area contributed by atoms with Gasteiger partial charge in [-0.15, -0.1) is 0 Å². The first-order chi connectivity index (χ1) is 25.5. The van der Waals surface area contributed by atoms with E-state index in [0.29, 0.717) is 12.8 Å². The van der Waals surface area contributed by atoms with Gasteiger partial charge in [0.15, 0.2) is 12.4 Å². The van der Waals surface area contributed by atoms with Gasteiger partial charge < -0.3 is 34.3 Å². The molecule has 0 aromatic heterocycles. The fourth-order valence-corrected chi connectivity index (χ4v) is 7.00. The number of aliphatic hydroxyl groups excluding tert-OH is 3. The van der Waals surface area contributed by atoms with E-state index in [0.717, 1.165) is 57.8 Å². The molecule has 0 aliphatic carbocycles. The number of allylic oxidation sites excluding steroid dienone is 2. The van der Waals surface area contributed by atoms with Gasteiger partial charge >= 0.3 is 11.9 Å². The maximum absolute atomic E-state index is 12.7. The van der Waals surface area contributed by atoms with E-state index in [1.165, 1.54) is 77.0 Å². The van der Waals surface area contributed by atoms with E-state index >= 15 is 0 Å². The minimum Gasteiger partial charge on any atom is -0.462 e. The van der Waals surface area contributed by atoms with Crippen LogP contribution in [0.5, 0.6) is 0 Å². The first kappa shape index (κ1) is 49.4. The lowest BCUT2D eigenvalue weighted by Gasteiger charge is -2.40. The first-order valence-corrected chi connectivity index (χ1v) is 22.4. The standard InChI is InChI=1S/C40H74O12S/c1-3-5-7-9-11-13-15-16-17-19-21-23-25-27-29-36(42)51-33(30-49-35(41)28-26-24-22-20-18-14-12-10-8-6-4-2)31-50-40-39(45)38(44)37(43)34(52-40)32-53(46,47)48/h10,12,33-34,37-40,43-45H,3-9,11,13-32H2,1-2H3,(H,46,47,48)/b12-10+/t33-,34-,37-,38?,39?,40+/m1/s1. The first-order valence-electron chi connectivity index (χ1n) is 20.7. The van der Waals surface area contributed by atoms with Gasteiger partial charge in [-0.2, -0.15) is 8.42 Å². The Labute approximate surface area is 320 Å². The number of esters is 2.